The van der Waals surface area contributed by atoms with E-state index in [9.17, 15) is 0 Å². The highest BCUT2D eigenvalue weighted by Crippen LogP contribution is 2.40. The molecule has 2 aromatic heterocycles. The molecule has 12 aromatic carbocycles. The van der Waals surface area contributed by atoms with Crippen LogP contribution >= 0.6 is 0 Å². The Morgan fingerprint density at radius 1 is 0.254 bits per heavy atom. The fourth-order valence-corrected chi connectivity index (χ4v) is 10.8. The minimum atomic E-state index is 0.897. The number of rotatable bonds is 8. The van der Waals surface area contributed by atoms with Crippen molar-refractivity contribution in [3.8, 4) is 50.2 Å². The van der Waals surface area contributed by atoms with Gasteiger partial charge < -0.3 is 13.9 Å². The third-order valence-electron chi connectivity index (χ3n) is 14.4. The van der Waals surface area contributed by atoms with E-state index in [0.717, 1.165) is 61.4 Å². The lowest BCUT2D eigenvalue weighted by Gasteiger charge is -2.26. The zero-order chi connectivity index (χ0) is 46.8. The monoisotopic (exact) mass is 904 g/mol. The molecule has 14 aromatic rings. The van der Waals surface area contributed by atoms with Crippen LogP contribution in [0.3, 0.4) is 0 Å². The highest BCUT2D eigenvalue weighted by atomic mass is 16.3. The lowest BCUT2D eigenvalue weighted by Crippen LogP contribution is -2.09. The molecular formula is C68H44N2O. The minimum Gasteiger partial charge on any atom is -0.456 e. The van der Waals surface area contributed by atoms with Gasteiger partial charge in [-0.1, -0.05) is 176 Å². The van der Waals surface area contributed by atoms with Crippen molar-refractivity contribution in [1.82, 2.24) is 4.57 Å². The van der Waals surface area contributed by atoms with E-state index in [1.807, 2.05) is 12.1 Å². The molecule has 71 heavy (non-hydrogen) atoms. The van der Waals surface area contributed by atoms with Gasteiger partial charge in [0, 0.05) is 44.3 Å². The fourth-order valence-electron chi connectivity index (χ4n) is 10.8. The van der Waals surface area contributed by atoms with E-state index in [2.05, 4.69) is 264 Å². The van der Waals surface area contributed by atoms with E-state index in [1.165, 1.54) is 71.2 Å². The van der Waals surface area contributed by atoms with Crippen LogP contribution in [0.4, 0.5) is 17.1 Å². The van der Waals surface area contributed by atoms with Crippen LogP contribution in [0.15, 0.2) is 271 Å². The van der Waals surface area contributed by atoms with Crippen molar-refractivity contribution in [3.63, 3.8) is 0 Å². The smallest absolute Gasteiger partial charge is 0.136 e. The number of hydrogen-bond donors (Lipinski definition) is 0. The van der Waals surface area contributed by atoms with E-state index >= 15 is 0 Å². The Balaban J connectivity index is 0.789. The van der Waals surface area contributed by atoms with Gasteiger partial charge in [-0.25, -0.2) is 0 Å². The fraction of sp³-hybridized carbons (Fsp3) is 0. The van der Waals surface area contributed by atoms with E-state index in [1.54, 1.807) is 0 Å². The van der Waals surface area contributed by atoms with Crippen LogP contribution in [0.5, 0.6) is 0 Å². The normalized spacial score (nSPS) is 11.7. The molecule has 0 unspecified atom stereocenters. The van der Waals surface area contributed by atoms with Crippen molar-refractivity contribution in [3.05, 3.63) is 267 Å². The molecule has 0 amide bonds. The predicted octanol–water partition coefficient (Wildman–Crippen LogP) is 19.1. The van der Waals surface area contributed by atoms with Gasteiger partial charge in [0.2, 0.25) is 0 Å². The zero-order valence-electron chi connectivity index (χ0n) is 38.7. The van der Waals surface area contributed by atoms with Crippen molar-refractivity contribution in [2.24, 2.45) is 0 Å². The van der Waals surface area contributed by atoms with Gasteiger partial charge in [-0.2, -0.15) is 0 Å². The quantitative estimate of drug-likeness (QED) is 0.142. The highest BCUT2D eigenvalue weighted by molar-refractivity contribution is 6.10. The maximum absolute atomic E-state index is 6.27. The summed E-state index contributed by atoms with van der Waals surface area (Å²) in [5.74, 6) is 0. The number of hydrogen-bond acceptors (Lipinski definition) is 2. The molecule has 0 N–H and O–H groups in total. The van der Waals surface area contributed by atoms with E-state index in [-0.39, 0.29) is 0 Å². The van der Waals surface area contributed by atoms with Gasteiger partial charge in [0.05, 0.1) is 11.0 Å². The molecule has 2 heterocycles. The summed E-state index contributed by atoms with van der Waals surface area (Å²) in [7, 11) is 0. The van der Waals surface area contributed by atoms with Crippen LogP contribution in [0.25, 0.3) is 115 Å². The summed E-state index contributed by atoms with van der Waals surface area (Å²) in [5.41, 5.74) is 17.9. The lowest BCUT2D eigenvalue weighted by atomic mass is 9.97. The maximum Gasteiger partial charge on any atom is 0.136 e. The third kappa shape index (κ3) is 7.06. The topological polar surface area (TPSA) is 21.3 Å². The molecule has 3 nitrogen and oxygen atoms in total. The summed E-state index contributed by atoms with van der Waals surface area (Å²) in [6.45, 7) is 0. The Bertz CT molecular complexity index is 4260. The molecule has 0 fully saturated rings. The number of furan rings is 1. The second-order valence-electron chi connectivity index (χ2n) is 18.5. The summed E-state index contributed by atoms with van der Waals surface area (Å²) < 4.78 is 8.64. The van der Waals surface area contributed by atoms with Gasteiger partial charge in [0.25, 0.3) is 0 Å². The Kier molecular flexibility index (Phi) is 9.53. The molecule has 0 aliphatic rings. The summed E-state index contributed by atoms with van der Waals surface area (Å²) >= 11 is 0. The SMILES string of the molecule is c1cc(-c2ccc(N(c3ccc(-c4ccc5c(ccc6ccccc65)c4)cc3)c3ccc(-c4ccc5c(c4)oc4ccccc45)cc3)cc2)cc(-c2ccc(-n3c4ccccc4c4ccccc43)cc2)c1. The second-order valence-corrected chi connectivity index (χ2v) is 18.5. The summed E-state index contributed by atoms with van der Waals surface area (Å²) in [6.07, 6.45) is 0. The average molecular weight is 905 g/mol. The Morgan fingerprint density at radius 2 is 0.676 bits per heavy atom. The third-order valence-corrected chi connectivity index (χ3v) is 14.4. The molecule has 332 valence electrons. The van der Waals surface area contributed by atoms with Gasteiger partial charge in [0.1, 0.15) is 11.2 Å². The Morgan fingerprint density at radius 3 is 1.28 bits per heavy atom. The van der Waals surface area contributed by atoms with Crippen LogP contribution in [0.2, 0.25) is 0 Å². The van der Waals surface area contributed by atoms with Gasteiger partial charge in [-0.05, 0) is 157 Å². The number of fused-ring (bicyclic) bond motifs is 9. The molecule has 0 aliphatic carbocycles. The first-order chi connectivity index (χ1) is 35.2. The number of para-hydroxylation sites is 3. The van der Waals surface area contributed by atoms with Crippen LogP contribution in [0.1, 0.15) is 0 Å². The maximum atomic E-state index is 6.27. The van der Waals surface area contributed by atoms with E-state index in [4.69, 9.17) is 4.42 Å². The minimum absolute atomic E-state index is 0.897. The molecule has 3 heteroatoms. The molecule has 0 radical (unpaired) electrons. The Labute approximate surface area is 411 Å². The first-order valence-corrected chi connectivity index (χ1v) is 24.3. The van der Waals surface area contributed by atoms with E-state index < -0.39 is 0 Å². The standard InChI is InChI=1S/C68H44N2O/c1-2-13-59-49(10-1)20-21-54-43-52(30-40-60(54)59)47-24-34-56(35-25-47)69(57-36-26-48(27-37-57)53-31-41-64-63-16-5-8-19-67(63)71-68(64)44-53)55-32-22-45(23-33-55)50-11-9-12-51(42-50)46-28-38-58(39-29-46)70-65-17-6-3-14-61(65)62-15-4-7-18-66(62)70/h1-44H. The van der Waals surface area contributed by atoms with Gasteiger partial charge >= 0.3 is 0 Å². The Hall–Kier alpha value is -9.44. The van der Waals surface area contributed by atoms with Crippen molar-refractivity contribution in [2.45, 2.75) is 0 Å². The van der Waals surface area contributed by atoms with Gasteiger partial charge in [-0.15, -0.1) is 0 Å². The summed E-state index contributed by atoms with van der Waals surface area (Å²) in [5, 5.41) is 9.87. The predicted molar refractivity (Wildman–Crippen MR) is 299 cm³/mol. The van der Waals surface area contributed by atoms with Crippen molar-refractivity contribution in [1.29, 1.82) is 0 Å². The number of benzene rings is 12. The van der Waals surface area contributed by atoms with Gasteiger partial charge in [0.15, 0.2) is 0 Å². The van der Waals surface area contributed by atoms with Crippen LogP contribution in [-0.2, 0) is 0 Å². The van der Waals surface area contributed by atoms with Crippen molar-refractivity contribution < 1.29 is 4.42 Å². The zero-order valence-corrected chi connectivity index (χ0v) is 38.7. The van der Waals surface area contributed by atoms with Crippen molar-refractivity contribution >= 4 is 82.4 Å². The van der Waals surface area contributed by atoms with Crippen LogP contribution in [0, 0.1) is 0 Å². The van der Waals surface area contributed by atoms with Crippen LogP contribution < -0.4 is 4.90 Å². The molecular weight excluding hydrogens is 861 g/mol. The highest BCUT2D eigenvalue weighted by Gasteiger charge is 2.16. The van der Waals surface area contributed by atoms with Crippen molar-refractivity contribution in [2.75, 3.05) is 4.90 Å². The summed E-state index contributed by atoms with van der Waals surface area (Å²) in [6, 6.07) is 96.7. The number of aromatic nitrogens is 1. The number of nitrogens with zero attached hydrogens (tertiary/aromatic N) is 2. The molecule has 0 aliphatic heterocycles. The first kappa shape index (κ1) is 40.6. The molecule has 0 saturated carbocycles. The molecule has 0 saturated heterocycles. The number of anilines is 3. The largest absolute Gasteiger partial charge is 0.456 e. The van der Waals surface area contributed by atoms with E-state index in [0.29, 0.717) is 0 Å². The van der Waals surface area contributed by atoms with Crippen LogP contribution in [-0.4, -0.2) is 4.57 Å². The molecule has 0 atom stereocenters. The van der Waals surface area contributed by atoms with Gasteiger partial charge in [-0.3, -0.25) is 0 Å². The molecule has 0 spiro atoms. The molecule has 14 rings (SSSR count). The summed E-state index contributed by atoms with van der Waals surface area (Å²) in [4.78, 5) is 2.35. The lowest BCUT2D eigenvalue weighted by molar-refractivity contribution is 0.669. The molecule has 0 bridgehead atoms. The second kappa shape index (κ2) is 16.7. The first-order valence-electron chi connectivity index (χ1n) is 24.3. The average Bonchev–Trinajstić information content (AvgIpc) is 3.99.